The highest BCUT2D eigenvalue weighted by Crippen LogP contribution is 2.36. The Morgan fingerprint density at radius 2 is 2.00 bits per heavy atom. The number of benzene rings is 1. The number of hydrogen-bond donors (Lipinski definition) is 2. The van der Waals surface area contributed by atoms with Crippen molar-refractivity contribution >= 4 is 16.9 Å². The molecule has 7 heteroatoms. The number of carbonyl (C=O) groups is 1. The van der Waals surface area contributed by atoms with Gasteiger partial charge in [0.25, 0.3) is 0 Å². The van der Waals surface area contributed by atoms with Crippen LogP contribution in [0.3, 0.4) is 0 Å². The third-order valence-corrected chi connectivity index (χ3v) is 2.48. The van der Waals surface area contributed by atoms with Gasteiger partial charge >= 0.3 is 12.1 Å². The van der Waals surface area contributed by atoms with Crippen molar-refractivity contribution in [3.05, 3.63) is 29.5 Å². The molecule has 1 aromatic heterocycles. The number of hydrogen-bond acceptors (Lipinski definition) is 2. The van der Waals surface area contributed by atoms with Gasteiger partial charge in [0.1, 0.15) is 11.4 Å². The standard InChI is InChI=1S/C11H8F3NO3/c1-18-9-3-5(11(12,13)14)2-7-6(9)4-8(15-7)10(16)17/h2-4,15H,1H3,(H,16,17). The van der Waals surface area contributed by atoms with Crippen LogP contribution in [0, 0.1) is 0 Å². The number of carboxylic acid groups (broad SMARTS) is 1. The lowest BCUT2D eigenvalue weighted by Crippen LogP contribution is -2.05. The van der Waals surface area contributed by atoms with E-state index in [-0.39, 0.29) is 17.0 Å². The zero-order valence-corrected chi connectivity index (χ0v) is 9.13. The van der Waals surface area contributed by atoms with Gasteiger partial charge in [0.05, 0.1) is 18.2 Å². The first-order valence-corrected chi connectivity index (χ1v) is 4.84. The molecule has 0 aliphatic carbocycles. The molecule has 1 heterocycles. The number of nitrogens with one attached hydrogen (secondary N) is 1. The highest BCUT2D eigenvalue weighted by atomic mass is 19.4. The molecule has 0 amide bonds. The molecule has 96 valence electrons. The zero-order valence-electron chi connectivity index (χ0n) is 9.13. The minimum Gasteiger partial charge on any atom is -0.496 e. The van der Waals surface area contributed by atoms with E-state index in [4.69, 9.17) is 9.84 Å². The maximum Gasteiger partial charge on any atom is 0.416 e. The summed E-state index contributed by atoms with van der Waals surface area (Å²) < 4.78 is 42.7. The van der Waals surface area contributed by atoms with Crippen molar-refractivity contribution in [2.24, 2.45) is 0 Å². The average Bonchev–Trinajstić information content (AvgIpc) is 2.70. The van der Waals surface area contributed by atoms with Crippen LogP contribution in [0.5, 0.6) is 5.75 Å². The molecule has 2 aromatic rings. The molecule has 0 saturated carbocycles. The normalized spacial score (nSPS) is 11.8. The van der Waals surface area contributed by atoms with Gasteiger partial charge in [-0.15, -0.1) is 0 Å². The molecular formula is C11H8F3NO3. The van der Waals surface area contributed by atoms with Crippen LogP contribution in [-0.2, 0) is 6.18 Å². The molecule has 2 N–H and O–H groups in total. The maximum absolute atomic E-state index is 12.6. The van der Waals surface area contributed by atoms with Crippen molar-refractivity contribution in [2.45, 2.75) is 6.18 Å². The fraction of sp³-hybridized carbons (Fsp3) is 0.182. The molecule has 0 spiro atoms. The third kappa shape index (κ3) is 1.99. The number of fused-ring (bicyclic) bond motifs is 1. The van der Waals surface area contributed by atoms with E-state index in [0.717, 1.165) is 12.1 Å². The van der Waals surface area contributed by atoms with E-state index in [1.165, 1.54) is 13.2 Å². The topological polar surface area (TPSA) is 62.3 Å². The third-order valence-electron chi connectivity index (χ3n) is 2.48. The second-order valence-corrected chi connectivity index (χ2v) is 3.63. The molecule has 2 rings (SSSR count). The molecule has 0 bridgehead atoms. The van der Waals surface area contributed by atoms with Gasteiger partial charge in [0, 0.05) is 5.39 Å². The summed E-state index contributed by atoms with van der Waals surface area (Å²) in [6.07, 6.45) is -4.52. The maximum atomic E-state index is 12.6. The van der Waals surface area contributed by atoms with Crippen LogP contribution in [0.2, 0.25) is 0 Å². The van der Waals surface area contributed by atoms with E-state index >= 15 is 0 Å². The fourth-order valence-corrected chi connectivity index (χ4v) is 1.65. The number of alkyl halides is 3. The summed E-state index contributed by atoms with van der Waals surface area (Å²) in [5.41, 5.74) is -1.02. The van der Waals surface area contributed by atoms with Crippen molar-refractivity contribution in [1.82, 2.24) is 4.98 Å². The number of aromatic carboxylic acids is 1. The van der Waals surface area contributed by atoms with Crippen molar-refractivity contribution in [1.29, 1.82) is 0 Å². The molecule has 1 aromatic carbocycles. The van der Waals surface area contributed by atoms with E-state index in [1.807, 2.05) is 0 Å². The van der Waals surface area contributed by atoms with Crippen molar-refractivity contribution in [2.75, 3.05) is 7.11 Å². The summed E-state index contributed by atoms with van der Waals surface area (Å²) in [5.74, 6) is -1.27. The summed E-state index contributed by atoms with van der Waals surface area (Å²) >= 11 is 0. The second-order valence-electron chi connectivity index (χ2n) is 3.63. The summed E-state index contributed by atoms with van der Waals surface area (Å²) in [7, 11) is 1.22. The van der Waals surface area contributed by atoms with Crippen LogP contribution in [0.15, 0.2) is 18.2 Å². The van der Waals surface area contributed by atoms with E-state index < -0.39 is 17.7 Å². The molecular weight excluding hydrogens is 251 g/mol. The summed E-state index contributed by atoms with van der Waals surface area (Å²) in [6, 6.07) is 2.92. The number of aromatic nitrogens is 1. The number of methoxy groups -OCH3 is 1. The van der Waals surface area contributed by atoms with Crippen LogP contribution in [0.4, 0.5) is 13.2 Å². The molecule has 0 aliphatic rings. The minimum absolute atomic E-state index is 0.0245. The Kier molecular flexibility index (Phi) is 2.68. The van der Waals surface area contributed by atoms with Crippen LogP contribution in [0.1, 0.15) is 16.1 Å². The van der Waals surface area contributed by atoms with Crippen LogP contribution >= 0.6 is 0 Å². The summed E-state index contributed by atoms with van der Waals surface area (Å²) in [4.78, 5) is 13.2. The Labute approximate surface area is 99.0 Å². The fourth-order valence-electron chi connectivity index (χ4n) is 1.65. The zero-order chi connectivity index (χ0) is 13.5. The second kappa shape index (κ2) is 3.94. The Balaban J connectivity index is 2.72. The molecule has 4 nitrogen and oxygen atoms in total. The van der Waals surface area contributed by atoms with Gasteiger partial charge < -0.3 is 14.8 Å². The molecule has 0 fully saturated rings. The first-order chi connectivity index (χ1) is 8.32. The lowest BCUT2D eigenvalue weighted by Gasteiger charge is -2.09. The van der Waals surface area contributed by atoms with Gasteiger partial charge in [-0.3, -0.25) is 0 Å². The molecule has 0 unspecified atom stereocenters. The Hall–Kier alpha value is -2.18. The van der Waals surface area contributed by atoms with Crippen molar-refractivity contribution < 1.29 is 27.8 Å². The average molecular weight is 259 g/mol. The molecule has 18 heavy (non-hydrogen) atoms. The predicted octanol–water partition coefficient (Wildman–Crippen LogP) is 2.89. The van der Waals surface area contributed by atoms with Crippen LogP contribution < -0.4 is 4.74 Å². The Bertz CT molecular complexity index is 616. The monoisotopic (exact) mass is 259 g/mol. The minimum atomic E-state index is -4.52. The number of ether oxygens (including phenoxy) is 1. The lowest BCUT2D eigenvalue weighted by molar-refractivity contribution is -0.137. The molecule has 0 aliphatic heterocycles. The Morgan fingerprint density at radius 3 is 2.50 bits per heavy atom. The largest absolute Gasteiger partial charge is 0.496 e. The lowest BCUT2D eigenvalue weighted by atomic mass is 10.1. The first-order valence-electron chi connectivity index (χ1n) is 4.84. The number of carboxylic acids is 1. The van der Waals surface area contributed by atoms with Gasteiger partial charge in [-0.2, -0.15) is 13.2 Å². The smallest absolute Gasteiger partial charge is 0.416 e. The molecule has 0 saturated heterocycles. The molecule has 0 atom stereocenters. The number of rotatable bonds is 2. The highest BCUT2D eigenvalue weighted by Gasteiger charge is 2.32. The number of halogens is 3. The van der Waals surface area contributed by atoms with Crippen molar-refractivity contribution in [3.8, 4) is 5.75 Å². The summed E-state index contributed by atoms with van der Waals surface area (Å²) in [6.45, 7) is 0. The van der Waals surface area contributed by atoms with Gasteiger partial charge in [-0.1, -0.05) is 0 Å². The van der Waals surface area contributed by atoms with E-state index in [1.54, 1.807) is 0 Å². The highest BCUT2D eigenvalue weighted by molar-refractivity contribution is 5.96. The number of H-pyrrole nitrogens is 1. The van der Waals surface area contributed by atoms with Crippen molar-refractivity contribution in [3.63, 3.8) is 0 Å². The Morgan fingerprint density at radius 1 is 1.33 bits per heavy atom. The first kappa shape index (κ1) is 12.3. The number of aromatic amines is 1. The summed E-state index contributed by atoms with van der Waals surface area (Å²) in [5, 5.41) is 9.08. The van der Waals surface area contributed by atoms with E-state index in [0.29, 0.717) is 5.39 Å². The van der Waals surface area contributed by atoms with Gasteiger partial charge in [-0.25, -0.2) is 4.79 Å². The SMILES string of the molecule is COc1cc(C(F)(F)F)cc2[nH]c(C(=O)O)cc12. The van der Waals surface area contributed by atoms with E-state index in [2.05, 4.69) is 4.98 Å². The van der Waals surface area contributed by atoms with Gasteiger partial charge in [0.2, 0.25) is 0 Å². The van der Waals surface area contributed by atoms with Crippen LogP contribution in [-0.4, -0.2) is 23.2 Å². The molecule has 0 radical (unpaired) electrons. The predicted molar refractivity (Wildman–Crippen MR) is 56.8 cm³/mol. The van der Waals surface area contributed by atoms with Gasteiger partial charge in [-0.05, 0) is 18.2 Å². The quantitative estimate of drug-likeness (QED) is 0.871. The van der Waals surface area contributed by atoms with E-state index in [9.17, 15) is 18.0 Å². The van der Waals surface area contributed by atoms with Gasteiger partial charge in [0.15, 0.2) is 0 Å². The van der Waals surface area contributed by atoms with Crippen LogP contribution in [0.25, 0.3) is 10.9 Å².